The largest absolute Gasteiger partial charge is 0.396 e. The molecule has 19 heavy (non-hydrogen) atoms. The molecule has 0 aliphatic carbocycles. The van der Waals surface area contributed by atoms with Gasteiger partial charge in [0.15, 0.2) is 0 Å². The molecule has 0 radical (unpaired) electrons. The second-order valence-electron chi connectivity index (χ2n) is 5.51. The predicted octanol–water partition coefficient (Wildman–Crippen LogP) is 0.947. The molecule has 1 amide bonds. The fourth-order valence-electron chi connectivity index (χ4n) is 2.96. The van der Waals surface area contributed by atoms with E-state index in [2.05, 4.69) is 16.3 Å². The summed E-state index contributed by atoms with van der Waals surface area (Å²) in [6.45, 7) is 4.18. The van der Waals surface area contributed by atoms with Gasteiger partial charge < -0.3 is 10.0 Å². The van der Waals surface area contributed by atoms with Gasteiger partial charge in [-0.1, -0.05) is 0 Å². The Morgan fingerprint density at radius 3 is 3.16 bits per heavy atom. The van der Waals surface area contributed by atoms with Crippen molar-refractivity contribution >= 4 is 17.2 Å². The van der Waals surface area contributed by atoms with E-state index in [1.807, 2.05) is 4.90 Å². The number of fused-ring (bicyclic) bond motifs is 1. The molecule has 1 aromatic heterocycles. The summed E-state index contributed by atoms with van der Waals surface area (Å²) in [6, 6.07) is 2.14. The molecular formula is C14H20N2O2S. The lowest BCUT2D eigenvalue weighted by molar-refractivity contribution is -0.133. The summed E-state index contributed by atoms with van der Waals surface area (Å²) in [4.78, 5) is 17.9. The molecule has 1 saturated heterocycles. The van der Waals surface area contributed by atoms with Crippen molar-refractivity contribution in [3.63, 3.8) is 0 Å². The van der Waals surface area contributed by atoms with Crippen LogP contribution in [0.2, 0.25) is 0 Å². The van der Waals surface area contributed by atoms with E-state index in [1.165, 1.54) is 10.4 Å². The lowest BCUT2D eigenvalue weighted by Crippen LogP contribution is -2.41. The number of likely N-dealkylation sites (tertiary alicyclic amines) is 1. The molecule has 0 spiro atoms. The number of aliphatic hydroxyl groups is 1. The first-order valence-electron chi connectivity index (χ1n) is 6.92. The fraction of sp³-hybridized carbons (Fsp3) is 0.643. The molecule has 2 aliphatic rings. The Morgan fingerprint density at radius 2 is 2.37 bits per heavy atom. The first-order valence-corrected chi connectivity index (χ1v) is 7.80. The molecule has 3 heterocycles. The Morgan fingerprint density at radius 1 is 1.47 bits per heavy atom. The highest BCUT2D eigenvalue weighted by Crippen LogP contribution is 2.24. The van der Waals surface area contributed by atoms with Crippen LogP contribution in [0.25, 0.3) is 0 Å². The molecular weight excluding hydrogens is 260 g/mol. The van der Waals surface area contributed by atoms with E-state index in [1.54, 1.807) is 11.3 Å². The van der Waals surface area contributed by atoms with Crippen molar-refractivity contribution in [1.29, 1.82) is 0 Å². The average Bonchev–Trinajstić information content (AvgIpc) is 3.05. The molecule has 0 bridgehead atoms. The van der Waals surface area contributed by atoms with Gasteiger partial charge >= 0.3 is 0 Å². The summed E-state index contributed by atoms with van der Waals surface area (Å²) in [5.74, 6) is 0.591. The van der Waals surface area contributed by atoms with Crippen LogP contribution >= 0.6 is 11.3 Å². The maximum absolute atomic E-state index is 12.3. The Labute approximate surface area is 117 Å². The summed E-state index contributed by atoms with van der Waals surface area (Å²) in [7, 11) is 0. The number of carbonyl (C=O) groups excluding carboxylic acids is 1. The van der Waals surface area contributed by atoms with Crippen molar-refractivity contribution in [3.8, 4) is 0 Å². The number of nitrogens with zero attached hydrogens (tertiary/aromatic N) is 2. The summed E-state index contributed by atoms with van der Waals surface area (Å²) < 4.78 is 0. The summed E-state index contributed by atoms with van der Waals surface area (Å²) in [5.41, 5.74) is 1.32. The van der Waals surface area contributed by atoms with Gasteiger partial charge in [-0.3, -0.25) is 9.69 Å². The van der Waals surface area contributed by atoms with Crippen molar-refractivity contribution in [3.05, 3.63) is 21.9 Å². The highest BCUT2D eigenvalue weighted by Gasteiger charge is 2.27. The number of aliphatic hydroxyl groups excluding tert-OH is 1. The second kappa shape index (κ2) is 5.61. The van der Waals surface area contributed by atoms with Crippen LogP contribution in [0.15, 0.2) is 11.4 Å². The molecule has 1 N–H and O–H groups in total. The third-order valence-corrected chi connectivity index (χ3v) is 5.17. The Bertz CT molecular complexity index is 460. The van der Waals surface area contributed by atoms with Gasteiger partial charge in [0.25, 0.3) is 0 Å². The molecule has 1 atom stereocenters. The number of hydrogen-bond acceptors (Lipinski definition) is 4. The molecule has 1 fully saturated rings. The van der Waals surface area contributed by atoms with Gasteiger partial charge in [-0.05, 0) is 42.3 Å². The second-order valence-corrected chi connectivity index (χ2v) is 6.51. The number of carbonyl (C=O) groups is 1. The third kappa shape index (κ3) is 2.83. The van der Waals surface area contributed by atoms with Gasteiger partial charge in [0.2, 0.25) is 5.91 Å². The van der Waals surface area contributed by atoms with E-state index in [9.17, 15) is 4.79 Å². The molecule has 0 aromatic carbocycles. The van der Waals surface area contributed by atoms with Crippen LogP contribution in [0, 0.1) is 5.92 Å². The molecule has 1 unspecified atom stereocenters. The zero-order valence-electron chi connectivity index (χ0n) is 11.0. The van der Waals surface area contributed by atoms with Crippen molar-refractivity contribution in [1.82, 2.24) is 9.80 Å². The van der Waals surface area contributed by atoms with E-state index < -0.39 is 0 Å². The molecule has 2 aliphatic heterocycles. The summed E-state index contributed by atoms with van der Waals surface area (Å²) in [6.07, 6.45) is 2.01. The highest BCUT2D eigenvalue weighted by molar-refractivity contribution is 7.10. The van der Waals surface area contributed by atoms with Crippen molar-refractivity contribution in [2.75, 3.05) is 32.8 Å². The van der Waals surface area contributed by atoms with E-state index in [0.29, 0.717) is 12.5 Å². The molecule has 5 heteroatoms. The van der Waals surface area contributed by atoms with Crippen LogP contribution in [0.1, 0.15) is 16.9 Å². The van der Waals surface area contributed by atoms with Crippen LogP contribution in [0.3, 0.4) is 0 Å². The Hall–Kier alpha value is -0.910. The zero-order chi connectivity index (χ0) is 13.2. The van der Waals surface area contributed by atoms with Crippen LogP contribution in [0.5, 0.6) is 0 Å². The van der Waals surface area contributed by atoms with Crippen molar-refractivity contribution < 1.29 is 9.90 Å². The lowest BCUT2D eigenvalue weighted by Gasteiger charge is -2.28. The summed E-state index contributed by atoms with van der Waals surface area (Å²) in [5, 5.41) is 11.2. The van der Waals surface area contributed by atoms with E-state index in [-0.39, 0.29) is 12.5 Å². The normalized spacial score (nSPS) is 23.6. The number of amides is 1. The maximum Gasteiger partial charge on any atom is 0.237 e. The quantitative estimate of drug-likeness (QED) is 0.896. The van der Waals surface area contributed by atoms with E-state index in [4.69, 9.17) is 5.11 Å². The smallest absolute Gasteiger partial charge is 0.237 e. The maximum atomic E-state index is 12.3. The zero-order valence-corrected chi connectivity index (χ0v) is 11.9. The average molecular weight is 280 g/mol. The third-order valence-electron chi connectivity index (χ3n) is 4.15. The minimum absolute atomic E-state index is 0.232. The van der Waals surface area contributed by atoms with Crippen LogP contribution < -0.4 is 0 Å². The first kappa shape index (κ1) is 13.1. The SMILES string of the molecule is O=C(CN1CCC(CO)C1)N1CCc2sccc2C1. The van der Waals surface area contributed by atoms with Crippen LogP contribution in [0.4, 0.5) is 0 Å². The van der Waals surface area contributed by atoms with Crippen molar-refractivity contribution in [2.24, 2.45) is 5.92 Å². The molecule has 3 rings (SSSR count). The van der Waals surface area contributed by atoms with Gasteiger partial charge in [-0.2, -0.15) is 0 Å². The van der Waals surface area contributed by atoms with Crippen LogP contribution in [-0.4, -0.2) is 53.6 Å². The highest BCUT2D eigenvalue weighted by atomic mass is 32.1. The topological polar surface area (TPSA) is 43.8 Å². The standard InChI is InChI=1S/C14H20N2O2S/c17-10-11-1-4-15(7-11)9-14(18)16-5-2-13-12(8-16)3-6-19-13/h3,6,11,17H,1-2,4-5,7-10H2. The molecule has 4 nitrogen and oxygen atoms in total. The molecule has 104 valence electrons. The van der Waals surface area contributed by atoms with Gasteiger partial charge in [-0.15, -0.1) is 11.3 Å². The molecule has 1 aromatic rings. The predicted molar refractivity (Wildman–Crippen MR) is 75.1 cm³/mol. The minimum Gasteiger partial charge on any atom is -0.396 e. The van der Waals surface area contributed by atoms with Crippen molar-refractivity contribution in [2.45, 2.75) is 19.4 Å². The number of hydrogen-bond donors (Lipinski definition) is 1. The number of rotatable bonds is 3. The monoisotopic (exact) mass is 280 g/mol. The van der Waals surface area contributed by atoms with Gasteiger partial charge in [0.05, 0.1) is 6.54 Å². The molecule has 0 saturated carbocycles. The number of thiophene rings is 1. The van der Waals surface area contributed by atoms with Crippen LogP contribution in [-0.2, 0) is 17.8 Å². The van der Waals surface area contributed by atoms with Gasteiger partial charge in [0.1, 0.15) is 0 Å². The fourth-order valence-corrected chi connectivity index (χ4v) is 3.85. The van der Waals surface area contributed by atoms with Gasteiger partial charge in [0, 0.05) is 31.1 Å². The van der Waals surface area contributed by atoms with E-state index >= 15 is 0 Å². The van der Waals surface area contributed by atoms with E-state index in [0.717, 1.165) is 39.0 Å². The first-order chi connectivity index (χ1) is 9.26. The lowest BCUT2D eigenvalue weighted by atomic mass is 10.1. The Balaban J connectivity index is 1.54. The summed E-state index contributed by atoms with van der Waals surface area (Å²) >= 11 is 1.80. The van der Waals surface area contributed by atoms with Gasteiger partial charge in [-0.25, -0.2) is 0 Å². The Kier molecular flexibility index (Phi) is 3.86. The minimum atomic E-state index is 0.232.